The van der Waals surface area contributed by atoms with Gasteiger partial charge in [-0.15, -0.1) is 0 Å². The molecule has 5 heteroatoms. The molecule has 0 bridgehead atoms. The number of aliphatic carboxylic acids is 1. The largest absolute Gasteiger partial charge is 0.493 e. The molecule has 0 aromatic heterocycles. The highest BCUT2D eigenvalue weighted by atomic mass is 16.5. The zero-order valence-electron chi connectivity index (χ0n) is 10.3. The smallest absolute Gasteiger partial charge is 0.303 e. The predicted molar refractivity (Wildman–Crippen MR) is 64.1 cm³/mol. The zero-order chi connectivity index (χ0) is 13.3. The fourth-order valence-corrected chi connectivity index (χ4v) is 2.59. The lowest BCUT2D eigenvalue weighted by Gasteiger charge is -2.16. The first-order chi connectivity index (χ1) is 8.58. The van der Waals surface area contributed by atoms with Crippen molar-refractivity contribution >= 4 is 5.97 Å². The van der Waals surface area contributed by atoms with Crippen molar-refractivity contribution < 1.29 is 24.5 Å². The van der Waals surface area contributed by atoms with Gasteiger partial charge in [0.2, 0.25) is 0 Å². The summed E-state index contributed by atoms with van der Waals surface area (Å²) in [7, 11) is 3.04. The van der Waals surface area contributed by atoms with E-state index in [2.05, 4.69) is 0 Å². The van der Waals surface area contributed by atoms with Crippen molar-refractivity contribution in [2.75, 3.05) is 14.2 Å². The molecule has 0 heterocycles. The molecule has 0 amide bonds. The van der Waals surface area contributed by atoms with Crippen molar-refractivity contribution in [2.45, 2.75) is 24.9 Å². The second kappa shape index (κ2) is 4.86. The van der Waals surface area contributed by atoms with Gasteiger partial charge in [0.05, 0.1) is 26.7 Å². The third-order valence-corrected chi connectivity index (χ3v) is 3.31. The molecule has 0 aliphatic heterocycles. The van der Waals surface area contributed by atoms with E-state index in [9.17, 15) is 9.90 Å². The summed E-state index contributed by atoms with van der Waals surface area (Å²) in [6, 6.07) is 3.49. The SMILES string of the molecule is COc1ccc2c(c1OC)C(CC(=O)O)CC2O. The van der Waals surface area contributed by atoms with E-state index in [1.165, 1.54) is 14.2 Å². The molecule has 98 valence electrons. The Balaban J connectivity index is 2.50. The van der Waals surface area contributed by atoms with Crippen molar-refractivity contribution in [3.8, 4) is 11.5 Å². The Hall–Kier alpha value is -1.75. The van der Waals surface area contributed by atoms with E-state index in [0.29, 0.717) is 17.9 Å². The molecule has 2 rings (SSSR count). The van der Waals surface area contributed by atoms with Gasteiger partial charge in [-0.05, 0) is 18.1 Å². The number of carbonyl (C=O) groups is 1. The fourth-order valence-electron chi connectivity index (χ4n) is 2.59. The van der Waals surface area contributed by atoms with Crippen LogP contribution in [0.15, 0.2) is 12.1 Å². The molecule has 1 aromatic carbocycles. The second-order valence-electron chi connectivity index (χ2n) is 4.35. The van der Waals surface area contributed by atoms with Gasteiger partial charge in [-0.1, -0.05) is 6.07 Å². The molecule has 2 unspecified atom stereocenters. The number of rotatable bonds is 4. The molecule has 5 nitrogen and oxygen atoms in total. The first-order valence-electron chi connectivity index (χ1n) is 5.73. The highest BCUT2D eigenvalue weighted by molar-refractivity contribution is 5.69. The van der Waals surface area contributed by atoms with E-state index in [4.69, 9.17) is 14.6 Å². The Morgan fingerprint density at radius 3 is 2.67 bits per heavy atom. The minimum atomic E-state index is -0.884. The van der Waals surface area contributed by atoms with E-state index >= 15 is 0 Å². The number of fused-ring (bicyclic) bond motifs is 1. The lowest BCUT2D eigenvalue weighted by atomic mass is 9.96. The molecule has 2 N–H and O–H groups in total. The van der Waals surface area contributed by atoms with Crippen molar-refractivity contribution in [1.29, 1.82) is 0 Å². The molecule has 1 aromatic rings. The van der Waals surface area contributed by atoms with Crippen LogP contribution in [0.1, 0.15) is 36.0 Å². The summed E-state index contributed by atoms with van der Waals surface area (Å²) < 4.78 is 10.5. The summed E-state index contributed by atoms with van der Waals surface area (Å²) in [5.74, 6) is -0.0407. The van der Waals surface area contributed by atoms with Crippen LogP contribution in [0.25, 0.3) is 0 Å². The van der Waals surface area contributed by atoms with Crippen LogP contribution in [0.3, 0.4) is 0 Å². The molecule has 1 aliphatic rings. The molecule has 0 radical (unpaired) electrons. The number of ether oxygens (including phenoxy) is 2. The van der Waals surface area contributed by atoms with Gasteiger partial charge in [-0.2, -0.15) is 0 Å². The monoisotopic (exact) mass is 252 g/mol. The Kier molecular flexibility index (Phi) is 3.43. The van der Waals surface area contributed by atoms with Crippen LogP contribution in [0.5, 0.6) is 11.5 Å². The molecule has 0 saturated heterocycles. The second-order valence-corrected chi connectivity index (χ2v) is 4.35. The number of hydrogen-bond donors (Lipinski definition) is 2. The van der Waals surface area contributed by atoms with Crippen LogP contribution in [0.4, 0.5) is 0 Å². The summed E-state index contributed by atoms with van der Waals surface area (Å²) in [5, 5.41) is 18.9. The van der Waals surface area contributed by atoms with E-state index < -0.39 is 12.1 Å². The van der Waals surface area contributed by atoms with Gasteiger partial charge in [0.25, 0.3) is 0 Å². The molecule has 18 heavy (non-hydrogen) atoms. The molecular weight excluding hydrogens is 236 g/mol. The highest BCUT2D eigenvalue weighted by Gasteiger charge is 2.35. The van der Waals surface area contributed by atoms with E-state index in [0.717, 1.165) is 11.1 Å². The van der Waals surface area contributed by atoms with E-state index in [-0.39, 0.29) is 12.3 Å². The number of aliphatic hydroxyl groups is 1. The van der Waals surface area contributed by atoms with Crippen LogP contribution in [0, 0.1) is 0 Å². The topological polar surface area (TPSA) is 76.0 Å². The Labute approximate surface area is 105 Å². The number of methoxy groups -OCH3 is 2. The van der Waals surface area contributed by atoms with Crippen molar-refractivity contribution in [3.63, 3.8) is 0 Å². The molecule has 0 fully saturated rings. The normalized spacial score (nSPS) is 21.5. The van der Waals surface area contributed by atoms with Crippen LogP contribution >= 0.6 is 0 Å². The maximum absolute atomic E-state index is 10.9. The Morgan fingerprint density at radius 2 is 2.11 bits per heavy atom. The first kappa shape index (κ1) is 12.7. The van der Waals surface area contributed by atoms with Gasteiger partial charge >= 0.3 is 5.97 Å². The minimum absolute atomic E-state index is 0.0203. The Bertz CT molecular complexity index is 469. The van der Waals surface area contributed by atoms with Crippen LogP contribution in [-0.2, 0) is 4.79 Å². The van der Waals surface area contributed by atoms with Gasteiger partial charge in [-0.25, -0.2) is 0 Å². The van der Waals surface area contributed by atoms with Crippen molar-refractivity contribution in [1.82, 2.24) is 0 Å². The highest BCUT2D eigenvalue weighted by Crippen LogP contribution is 2.49. The number of carboxylic acid groups (broad SMARTS) is 1. The standard InChI is InChI=1S/C13H16O5/c1-17-10-4-3-8-9(14)5-7(6-11(15)16)12(8)13(10)18-2/h3-4,7,9,14H,5-6H2,1-2H3,(H,15,16). The summed E-state index contributed by atoms with van der Waals surface area (Å²) >= 11 is 0. The van der Waals surface area contributed by atoms with Crippen LogP contribution < -0.4 is 9.47 Å². The average Bonchev–Trinajstić information content (AvgIpc) is 2.64. The van der Waals surface area contributed by atoms with Crippen LogP contribution in [0.2, 0.25) is 0 Å². The number of aliphatic hydroxyl groups excluding tert-OH is 1. The first-order valence-corrected chi connectivity index (χ1v) is 5.73. The molecule has 0 spiro atoms. The number of hydrogen-bond acceptors (Lipinski definition) is 4. The summed E-state index contributed by atoms with van der Waals surface area (Å²) in [4.78, 5) is 10.9. The van der Waals surface area contributed by atoms with Crippen molar-refractivity contribution in [2.24, 2.45) is 0 Å². The summed E-state index contributed by atoms with van der Waals surface area (Å²) in [6.45, 7) is 0. The molecule has 1 aliphatic carbocycles. The summed E-state index contributed by atoms with van der Waals surface area (Å²) in [6.07, 6.45) is -0.247. The lowest BCUT2D eigenvalue weighted by molar-refractivity contribution is -0.137. The Morgan fingerprint density at radius 1 is 1.39 bits per heavy atom. The minimum Gasteiger partial charge on any atom is -0.493 e. The van der Waals surface area contributed by atoms with Crippen LogP contribution in [-0.4, -0.2) is 30.4 Å². The summed E-state index contributed by atoms with van der Waals surface area (Å²) in [5.41, 5.74) is 1.49. The van der Waals surface area contributed by atoms with E-state index in [1.807, 2.05) is 0 Å². The fraction of sp³-hybridized carbons (Fsp3) is 0.462. The lowest BCUT2D eigenvalue weighted by Crippen LogP contribution is -2.05. The van der Waals surface area contributed by atoms with Gasteiger partial charge in [-0.3, -0.25) is 4.79 Å². The van der Waals surface area contributed by atoms with Gasteiger partial charge in [0, 0.05) is 11.5 Å². The maximum Gasteiger partial charge on any atom is 0.303 e. The molecule has 0 saturated carbocycles. The number of benzene rings is 1. The van der Waals surface area contributed by atoms with Gasteiger partial charge in [0.15, 0.2) is 11.5 Å². The van der Waals surface area contributed by atoms with E-state index in [1.54, 1.807) is 12.1 Å². The maximum atomic E-state index is 10.9. The molecule has 2 atom stereocenters. The predicted octanol–water partition coefficient (Wildman–Crippen LogP) is 1.70. The third-order valence-electron chi connectivity index (χ3n) is 3.31. The van der Waals surface area contributed by atoms with Gasteiger partial charge in [0.1, 0.15) is 0 Å². The van der Waals surface area contributed by atoms with Crippen molar-refractivity contribution in [3.05, 3.63) is 23.3 Å². The zero-order valence-corrected chi connectivity index (χ0v) is 10.3. The van der Waals surface area contributed by atoms with Gasteiger partial charge < -0.3 is 19.7 Å². The third kappa shape index (κ3) is 2.01. The number of carboxylic acids is 1. The average molecular weight is 252 g/mol. The molecular formula is C13H16O5. The quantitative estimate of drug-likeness (QED) is 0.853.